The zero-order valence-corrected chi connectivity index (χ0v) is 11.6. The Labute approximate surface area is 125 Å². The molecule has 0 radical (unpaired) electrons. The standard InChI is InChI=1S/C16H13N3O3/c17-9-2-3-10-8(7-9)1-5-12-14(10)15(19-22-12)11-4-6-13(20)18-16(11)21/h1-3,5,7,11H,4,6,17H2,(H,18,20,21)/t11-/m1/s1. The van der Waals surface area contributed by atoms with Gasteiger partial charge in [-0.15, -0.1) is 0 Å². The Morgan fingerprint density at radius 3 is 2.91 bits per heavy atom. The van der Waals surface area contributed by atoms with Gasteiger partial charge in [-0.25, -0.2) is 0 Å². The Kier molecular flexibility index (Phi) is 2.66. The van der Waals surface area contributed by atoms with E-state index in [1.54, 1.807) is 0 Å². The Morgan fingerprint density at radius 2 is 2.09 bits per heavy atom. The first-order chi connectivity index (χ1) is 10.6. The average Bonchev–Trinajstić information content (AvgIpc) is 2.91. The van der Waals surface area contributed by atoms with Crippen LogP contribution >= 0.6 is 0 Å². The van der Waals surface area contributed by atoms with E-state index < -0.39 is 5.92 Å². The summed E-state index contributed by atoms with van der Waals surface area (Å²) in [7, 11) is 0. The predicted molar refractivity (Wildman–Crippen MR) is 81.1 cm³/mol. The number of rotatable bonds is 1. The van der Waals surface area contributed by atoms with Crippen molar-refractivity contribution in [2.75, 3.05) is 5.73 Å². The number of hydrogen-bond acceptors (Lipinski definition) is 5. The van der Waals surface area contributed by atoms with Crippen LogP contribution in [0.2, 0.25) is 0 Å². The summed E-state index contributed by atoms with van der Waals surface area (Å²) in [5, 5.41) is 9.16. The third-order valence-corrected chi connectivity index (χ3v) is 4.07. The fourth-order valence-corrected chi connectivity index (χ4v) is 3.00. The average molecular weight is 295 g/mol. The normalized spacial score (nSPS) is 18.8. The van der Waals surface area contributed by atoms with Gasteiger partial charge >= 0.3 is 0 Å². The highest BCUT2D eigenvalue weighted by molar-refractivity contribution is 6.10. The van der Waals surface area contributed by atoms with Gasteiger partial charge in [-0.3, -0.25) is 14.9 Å². The third kappa shape index (κ3) is 1.84. The van der Waals surface area contributed by atoms with Crippen molar-refractivity contribution in [3.8, 4) is 0 Å². The summed E-state index contributed by atoms with van der Waals surface area (Å²) < 4.78 is 5.37. The molecule has 1 aromatic heterocycles. The van der Waals surface area contributed by atoms with Gasteiger partial charge in [0.05, 0.1) is 11.3 Å². The number of piperidine rings is 1. The molecule has 2 aromatic carbocycles. The number of carbonyl (C=O) groups is 2. The van der Waals surface area contributed by atoms with Gasteiger partial charge in [0, 0.05) is 12.1 Å². The lowest BCUT2D eigenvalue weighted by atomic mass is 9.91. The molecule has 6 heteroatoms. The Morgan fingerprint density at radius 1 is 1.23 bits per heavy atom. The maximum atomic E-state index is 12.1. The molecule has 1 aliphatic rings. The maximum absolute atomic E-state index is 12.1. The summed E-state index contributed by atoms with van der Waals surface area (Å²) in [5.41, 5.74) is 7.69. The molecule has 0 bridgehead atoms. The van der Waals surface area contributed by atoms with Crippen molar-refractivity contribution in [2.24, 2.45) is 0 Å². The smallest absolute Gasteiger partial charge is 0.235 e. The summed E-state index contributed by atoms with van der Waals surface area (Å²) in [5.74, 6) is -1.03. The number of nitrogen functional groups attached to an aromatic ring is 1. The van der Waals surface area contributed by atoms with Crippen molar-refractivity contribution in [3.05, 3.63) is 36.0 Å². The molecule has 110 valence electrons. The van der Waals surface area contributed by atoms with E-state index in [1.807, 2.05) is 30.3 Å². The van der Waals surface area contributed by atoms with E-state index in [-0.39, 0.29) is 11.8 Å². The van der Waals surface area contributed by atoms with Crippen LogP contribution in [0, 0.1) is 0 Å². The fraction of sp³-hybridized carbons (Fsp3) is 0.188. The van der Waals surface area contributed by atoms with Gasteiger partial charge in [0.1, 0.15) is 5.69 Å². The zero-order valence-electron chi connectivity index (χ0n) is 11.6. The van der Waals surface area contributed by atoms with Crippen LogP contribution in [0.1, 0.15) is 24.5 Å². The number of anilines is 1. The third-order valence-electron chi connectivity index (χ3n) is 4.07. The molecule has 1 atom stereocenters. The highest BCUT2D eigenvalue weighted by atomic mass is 16.5. The van der Waals surface area contributed by atoms with Gasteiger partial charge in [-0.2, -0.15) is 0 Å². The van der Waals surface area contributed by atoms with Crippen LogP contribution in [-0.2, 0) is 9.59 Å². The number of carbonyl (C=O) groups excluding carboxylic acids is 2. The molecule has 0 aliphatic carbocycles. The van der Waals surface area contributed by atoms with Gasteiger partial charge in [0.2, 0.25) is 11.8 Å². The summed E-state index contributed by atoms with van der Waals surface area (Å²) in [6.07, 6.45) is 0.750. The van der Waals surface area contributed by atoms with E-state index in [0.717, 1.165) is 16.2 Å². The molecule has 1 aliphatic heterocycles. The second-order valence-corrected chi connectivity index (χ2v) is 5.49. The molecule has 4 rings (SSSR count). The molecule has 22 heavy (non-hydrogen) atoms. The second-order valence-electron chi connectivity index (χ2n) is 5.49. The number of nitrogens with two attached hydrogens (primary N) is 1. The fourth-order valence-electron chi connectivity index (χ4n) is 3.00. The lowest BCUT2D eigenvalue weighted by molar-refractivity contribution is -0.134. The Bertz CT molecular complexity index is 929. The van der Waals surface area contributed by atoms with E-state index in [9.17, 15) is 9.59 Å². The predicted octanol–water partition coefficient (Wildman–Crippen LogP) is 2.08. The van der Waals surface area contributed by atoms with Gasteiger partial charge in [0.25, 0.3) is 0 Å². The van der Waals surface area contributed by atoms with Gasteiger partial charge in [-0.1, -0.05) is 17.3 Å². The van der Waals surface area contributed by atoms with Crippen LogP contribution in [0.25, 0.3) is 21.7 Å². The van der Waals surface area contributed by atoms with Crippen molar-refractivity contribution >= 4 is 39.2 Å². The van der Waals surface area contributed by atoms with Gasteiger partial charge in [-0.05, 0) is 35.4 Å². The summed E-state index contributed by atoms with van der Waals surface area (Å²) in [6.45, 7) is 0. The largest absolute Gasteiger partial charge is 0.399 e. The molecular formula is C16H13N3O3. The van der Waals surface area contributed by atoms with E-state index >= 15 is 0 Å². The van der Waals surface area contributed by atoms with E-state index in [0.29, 0.717) is 29.8 Å². The minimum absolute atomic E-state index is 0.244. The van der Waals surface area contributed by atoms with Gasteiger partial charge in [0.15, 0.2) is 5.58 Å². The highest BCUT2D eigenvalue weighted by Gasteiger charge is 2.32. The van der Waals surface area contributed by atoms with Gasteiger partial charge < -0.3 is 10.3 Å². The van der Waals surface area contributed by atoms with Crippen molar-refractivity contribution in [2.45, 2.75) is 18.8 Å². The van der Waals surface area contributed by atoms with E-state index in [4.69, 9.17) is 10.3 Å². The summed E-state index contributed by atoms with van der Waals surface area (Å²) in [6, 6.07) is 9.31. The number of amides is 2. The molecule has 3 aromatic rings. The quantitative estimate of drug-likeness (QED) is 0.529. The minimum atomic E-state index is -0.470. The number of aromatic nitrogens is 1. The van der Waals surface area contributed by atoms with Crippen LogP contribution in [0.15, 0.2) is 34.9 Å². The molecule has 1 fully saturated rings. The number of hydrogen-bond donors (Lipinski definition) is 2. The number of imide groups is 1. The molecule has 2 heterocycles. The minimum Gasteiger partial charge on any atom is -0.399 e. The molecule has 1 saturated heterocycles. The molecule has 6 nitrogen and oxygen atoms in total. The molecule has 2 amide bonds. The van der Waals surface area contributed by atoms with Crippen LogP contribution in [0.5, 0.6) is 0 Å². The SMILES string of the molecule is Nc1ccc2c(ccc3onc([C@H]4CCC(=O)NC4=O)c32)c1. The molecule has 3 N–H and O–H groups in total. The molecule has 0 unspecified atom stereocenters. The lowest BCUT2D eigenvalue weighted by Gasteiger charge is -2.19. The van der Waals surface area contributed by atoms with Crippen molar-refractivity contribution in [3.63, 3.8) is 0 Å². The number of benzene rings is 2. The second kappa shape index (κ2) is 4.56. The van der Waals surface area contributed by atoms with Crippen molar-refractivity contribution in [1.29, 1.82) is 0 Å². The van der Waals surface area contributed by atoms with Crippen LogP contribution in [0.3, 0.4) is 0 Å². The summed E-state index contributed by atoms with van der Waals surface area (Å²) in [4.78, 5) is 23.4. The Hall–Kier alpha value is -2.89. The van der Waals surface area contributed by atoms with Crippen LogP contribution in [-0.4, -0.2) is 17.0 Å². The first kappa shape index (κ1) is 12.8. The monoisotopic (exact) mass is 295 g/mol. The number of nitrogens with one attached hydrogen (secondary N) is 1. The topological polar surface area (TPSA) is 98.2 Å². The number of fused-ring (bicyclic) bond motifs is 3. The summed E-state index contributed by atoms with van der Waals surface area (Å²) >= 11 is 0. The van der Waals surface area contributed by atoms with E-state index in [2.05, 4.69) is 10.5 Å². The first-order valence-electron chi connectivity index (χ1n) is 7.05. The molecular weight excluding hydrogens is 282 g/mol. The van der Waals surface area contributed by atoms with Crippen LogP contribution < -0.4 is 11.1 Å². The highest BCUT2D eigenvalue weighted by Crippen LogP contribution is 2.35. The van der Waals surface area contributed by atoms with E-state index in [1.165, 1.54) is 0 Å². The van der Waals surface area contributed by atoms with Crippen molar-refractivity contribution < 1.29 is 14.1 Å². The molecule has 0 spiro atoms. The number of nitrogens with zero attached hydrogens (tertiary/aromatic N) is 1. The first-order valence-corrected chi connectivity index (χ1v) is 7.05. The Balaban J connectivity index is 1.95. The zero-order chi connectivity index (χ0) is 15.3. The maximum Gasteiger partial charge on any atom is 0.235 e. The van der Waals surface area contributed by atoms with Crippen LogP contribution in [0.4, 0.5) is 5.69 Å². The lowest BCUT2D eigenvalue weighted by Crippen LogP contribution is -2.39. The van der Waals surface area contributed by atoms with Crippen molar-refractivity contribution in [1.82, 2.24) is 10.5 Å². The molecule has 0 saturated carbocycles.